The Hall–Kier alpha value is -1.74. The molecule has 3 heteroatoms. The second-order valence-electron chi connectivity index (χ2n) is 4.33. The zero-order valence-electron chi connectivity index (χ0n) is 10.7. The van der Waals surface area contributed by atoms with Crippen molar-refractivity contribution in [2.24, 2.45) is 0 Å². The Kier molecular flexibility index (Phi) is 4.05. The summed E-state index contributed by atoms with van der Waals surface area (Å²) in [7, 11) is 0. The molecule has 1 N–H and O–H groups in total. The number of nitrogens with one attached hydrogen (secondary N) is 1. The van der Waals surface area contributed by atoms with Gasteiger partial charge in [-0.25, -0.2) is 4.39 Å². The summed E-state index contributed by atoms with van der Waals surface area (Å²) in [6.45, 7) is 4.77. The molecule has 1 aromatic carbocycles. The summed E-state index contributed by atoms with van der Waals surface area (Å²) in [5, 5.41) is 3.38. The van der Waals surface area contributed by atoms with Crippen LogP contribution in [0.3, 0.4) is 0 Å². The monoisotopic (exact) mass is 244 g/mol. The lowest BCUT2D eigenvalue weighted by molar-refractivity contribution is 0.601. The van der Waals surface area contributed by atoms with E-state index in [-0.39, 0.29) is 11.9 Å². The summed E-state index contributed by atoms with van der Waals surface area (Å²) in [5.74, 6) is -0.193. The minimum Gasteiger partial charge on any atom is -0.307 e. The largest absolute Gasteiger partial charge is 0.307 e. The maximum absolute atomic E-state index is 13.5. The third kappa shape index (κ3) is 2.93. The van der Waals surface area contributed by atoms with Crippen molar-refractivity contribution in [1.82, 2.24) is 10.3 Å². The third-order valence-corrected chi connectivity index (χ3v) is 2.85. The third-order valence-electron chi connectivity index (χ3n) is 2.85. The second-order valence-corrected chi connectivity index (χ2v) is 4.33. The van der Waals surface area contributed by atoms with Crippen molar-refractivity contribution in [2.45, 2.75) is 19.9 Å². The molecule has 0 saturated heterocycles. The Morgan fingerprint density at radius 2 is 1.89 bits per heavy atom. The molecule has 2 aromatic rings. The van der Waals surface area contributed by atoms with Crippen molar-refractivity contribution in [3.63, 3.8) is 0 Å². The van der Waals surface area contributed by atoms with Gasteiger partial charge in [0.05, 0.1) is 6.04 Å². The number of aryl methyl sites for hydroxylation is 1. The van der Waals surface area contributed by atoms with Crippen LogP contribution in [0, 0.1) is 12.7 Å². The van der Waals surface area contributed by atoms with Gasteiger partial charge >= 0.3 is 0 Å². The molecule has 0 aliphatic rings. The van der Waals surface area contributed by atoms with Crippen molar-refractivity contribution in [3.05, 3.63) is 65.2 Å². The molecule has 1 heterocycles. The Morgan fingerprint density at radius 1 is 1.17 bits per heavy atom. The molecular formula is C15H17FN2. The molecule has 0 aliphatic heterocycles. The van der Waals surface area contributed by atoms with Crippen molar-refractivity contribution in [2.75, 3.05) is 6.54 Å². The van der Waals surface area contributed by atoms with Gasteiger partial charge in [-0.05, 0) is 54.4 Å². The van der Waals surface area contributed by atoms with Gasteiger partial charge in [-0.2, -0.15) is 0 Å². The average Bonchev–Trinajstić information content (AvgIpc) is 2.36. The summed E-state index contributed by atoms with van der Waals surface area (Å²) < 4.78 is 13.5. The van der Waals surface area contributed by atoms with Gasteiger partial charge in [-0.3, -0.25) is 4.98 Å². The molecular weight excluding hydrogens is 227 g/mol. The van der Waals surface area contributed by atoms with Crippen LogP contribution in [0.1, 0.15) is 29.7 Å². The standard InChI is InChI=1S/C15H17FN2/c1-3-18-15(12-4-6-17-7-5-12)13-8-11(2)9-14(16)10-13/h4-10,15,18H,3H2,1-2H3. The van der Waals surface area contributed by atoms with E-state index in [1.165, 1.54) is 0 Å². The summed E-state index contributed by atoms with van der Waals surface area (Å²) in [6.07, 6.45) is 3.51. The first-order valence-electron chi connectivity index (χ1n) is 6.11. The highest BCUT2D eigenvalue weighted by Gasteiger charge is 2.13. The lowest BCUT2D eigenvalue weighted by Gasteiger charge is -2.19. The van der Waals surface area contributed by atoms with E-state index in [9.17, 15) is 4.39 Å². The fraction of sp³-hybridized carbons (Fsp3) is 0.267. The van der Waals surface area contributed by atoms with E-state index in [2.05, 4.69) is 10.3 Å². The zero-order valence-corrected chi connectivity index (χ0v) is 10.7. The molecule has 94 valence electrons. The van der Waals surface area contributed by atoms with E-state index in [0.717, 1.165) is 23.2 Å². The van der Waals surface area contributed by atoms with Crippen molar-refractivity contribution in [3.8, 4) is 0 Å². The smallest absolute Gasteiger partial charge is 0.123 e. The van der Waals surface area contributed by atoms with Crippen molar-refractivity contribution in [1.29, 1.82) is 0 Å². The van der Waals surface area contributed by atoms with Crippen LogP contribution in [-0.4, -0.2) is 11.5 Å². The molecule has 0 fully saturated rings. The highest BCUT2D eigenvalue weighted by Crippen LogP contribution is 2.23. The molecule has 0 spiro atoms. The Balaban J connectivity index is 2.41. The van der Waals surface area contributed by atoms with E-state index in [1.54, 1.807) is 24.5 Å². The van der Waals surface area contributed by atoms with E-state index in [4.69, 9.17) is 0 Å². The van der Waals surface area contributed by atoms with Crippen LogP contribution in [0.15, 0.2) is 42.7 Å². The molecule has 1 atom stereocenters. The molecule has 1 unspecified atom stereocenters. The van der Waals surface area contributed by atoms with Gasteiger partial charge in [0.25, 0.3) is 0 Å². The number of aromatic nitrogens is 1. The highest BCUT2D eigenvalue weighted by molar-refractivity contribution is 5.33. The molecule has 0 bridgehead atoms. The van der Waals surface area contributed by atoms with Gasteiger partial charge in [0.1, 0.15) is 5.82 Å². The number of benzene rings is 1. The number of halogens is 1. The van der Waals surface area contributed by atoms with Crippen LogP contribution >= 0.6 is 0 Å². The SMILES string of the molecule is CCNC(c1ccncc1)c1cc(C)cc(F)c1. The minimum absolute atomic E-state index is 0.00685. The molecule has 0 radical (unpaired) electrons. The van der Waals surface area contributed by atoms with Crippen molar-refractivity contribution < 1.29 is 4.39 Å². The molecule has 2 nitrogen and oxygen atoms in total. The first-order chi connectivity index (χ1) is 8.70. The van der Waals surface area contributed by atoms with Gasteiger partial charge in [0, 0.05) is 12.4 Å². The fourth-order valence-corrected chi connectivity index (χ4v) is 2.12. The summed E-state index contributed by atoms with van der Waals surface area (Å²) in [5.41, 5.74) is 2.97. The number of hydrogen-bond acceptors (Lipinski definition) is 2. The summed E-state index contributed by atoms with van der Waals surface area (Å²) in [6, 6.07) is 9.05. The quantitative estimate of drug-likeness (QED) is 0.893. The first-order valence-corrected chi connectivity index (χ1v) is 6.11. The molecule has 0 aliphatic carbocycles. The molecule has 1 aromatic heterocycles. The number of rotatable bonds is 4. The Bertz CT molecular complexity index is 491. The average molecular weight is 244 g/mol. The highest BCUT2D eigenvalue weighted by atomic mass is 19.1. The Labute approximate surface area is 107 Å². The summed E-state index contributed by atoms with van der Waals surface area (Å²) in [4.78, 5) is 4.01. The lowest BCUT2D eigenvalue weighted by atomic mass is 9.98. The lowest BCUT2D eigenvalue weighted by Crippen LogP contribution is -2.22. The normalized spacial score (nSPS) is 12.4. The molecule has 2 rings (SSSR count). The Morgan fingerprint density at radius 3 is 2.50 bits per heavy atom. The maximum Gasteiger partial charge on any atom is 0.123 e. The van der Waals surface area contributed by atoms with E-state index >= 15 is 0 Å². The second kappa shape index (κ2) is 5.74. The van der Waals surface area contributed by atoms with Gasteiger partial charge in [-0.1, -0.05) is 13.0 Å². The molecule has 0 saturated carbocycles. The predicted molar refractivity (Wildman–Crippen MR) is 70.9 cm³/mol. The van der Waals surface area contributed by atoms with Crippen LogP contribution in [0.25, 0.3) is 0 Å². The topological polar surface area (TPSA) is 24.9 Å². The fourth-order valence-electron chi connectivity index (χ4n) is 2.12. The summed E-state index contributed by atoms with van der Waals surface area (Å²) >= 11 is 0. The molecule has 0 amide bonds. The van der Waals surface area contributed by atoms with Crippen LogP contribution in [0.2, 0.25) is 0 Å². The van der Waals surface area contributed by atoms with Gasteiger partial charge in [-0.15, -0.1) is 0 Å². The van der Waals surface area contributed by atoms with E-state index in [1.807, 2.05) is 32.0 Å². The van der Waals surface area contributed by atoms with E-state index < -0.39 is 0 Å². The first kappa shape index (κ1) is 12.7. The van der Waals surface area contributed by atoms with Crippen molar-refractivity contribution >= 4 is 0 Å². The number of pyridine rings is 1. The molecule has 18 heavy (non-hydrogen) atoms. The number of hydrogen-bond donors (Lipinski definition) is 1. The van der Waals surface area contributed by atoms with Crippen LogP contribution in [0.5, 0.6) is 0 Å². The minimum atomic E-state index is -0.193. The van der Waals surface area contributed by atoms with E-state index in [0.29, 0.717) is 0 Å². The van der Waals surface area contributed by atoms with Crippen LogP contribution in [0.4, 0.5) is 4.39 Å². The maximum atomic E-state index is 13.5. The van der Waals surface area contributed by atoms with Crippen LogP contribution < -0.4 is 5.32 Å². The zero-order chi connectivity index (χ0) is 13.0. The van der Waals surface area contributed by atoms with Gasteiger partial charge in [0.15, 0.2) is 0 Å². The number of nitrogens with zero attached hydrogens (tertiary/aromatic N) is 1. The van der Waals surface area contributed by atoms with Gasteiger partial charge < -0.3 is 5.32 Å². The van der Waals surface area contributed by atoms with Crippen LogP contribution in [-0.2, 0) is 0 Å². The van der Waals surface area contributed by atoms with Gasteiger partial charge in [0.2, 0.25) is 0 Å². The predicted octanol–water partition coefficient (Wildman–Crippen LogP) is 3.23.